The number of ketones is 1. The monoisotopic (exact) mass is 436 g/mol. The second-order valence-corrected chi connectivity index (χ2v) is 7.25. The van der Waals surface area contributed by atoms with E-state index < -0.39 is 17.5 Å². The first-order chi connectivity index (χ1) is 15.3. The smallest absolute Gasteiger partial charge is 0.338 e. The molecule has 32 heavy (non-hydrogen) atoms. The third-order valence-corrected chi connectivity index (χ3v) is 5.16. The number of benzene rings is 2. The van der Waals surface area contributed by atoms with Gasteiger partial charge in [0, 0.05) is 40.8 Å². The molecule has 0 fully saturated rings. The minimum atomic E-state index is -0.728. The van der Waals surface area contributed by atoms with E-state index in [0.717, 1.165) is 11.4 Å². The minimum Gasteiger partial charge on any atom is -0.486 e. The van der Waals surface area contributed by atoms with Crippen molar-refractivity contribution in [3.63, 3.8) is 0 Å². The molecule has 0 bridgehead atoms. The van der Waals surface area contributed by atoms with E-state index in [0.29, 0.717) is 36.0 Å². The van der Waals surface area contributed by atoms with Gasteiger partial charge in [0.15, 0.2) is 18.1 Å². The highest BCUT2D eigenvalue weighted by molar-refractivity contribution is 6.00. The molecular formula is C23H20N2O7. The summed E-state index contributed by atoms with van der Waals surface area (Å²) in [5, 5.41) is 10.7. The van der Waals surface area contributed by atoms with Gasteiger partial charge in [-0.1, -0.05) is 0 Å². The zero-order valence-electron chi connectivity index (χ0n) is 17.5. The Balaban J connectivity index is 1.49. The van der Waals surface area contributed by atoms with Crippen molar-refractivity contribution in [3.05, 3.63) is 81.2 Å². The molecule has 2 heterocycles. The first-order valence-corrected chi connectivity index (χ1v) is 9.89. The summed E-state index contributed by atoms with van der Waals surface area (Å²) >= 11 is 0. The van der Waals surface area contributed by atoms with Crippen molar-refractivity contribution < 1.29 is 28.7 Å². The molecule has 4 rings (SSSR count). The lowest BCUT2D eigenvalue weighted by molar-refractivity contribution is -0.384. The van der Waals surface area contributed by atoms with Crippen LogP contribution in [0.1, 0.15) is 32.1 Å². The number of hydrogen-bond acceptors (Lipinski definition) is 7. The quantitative estimate of drug-likeness (QED) is 0.250. The lowest BCUT2D eigenvalue weighted by atomic mass is 10.1. The lowest BCUT2D eigenvalue weighted by Gasteiger charge is -2.20. The van der Waals surface area contributed by atoms with Gasteiger partial charge in [-0.3, -0.25) is 14.9 Å². The minimum absolute atomic E-state index is 0.130. The molecule has 0 aliphatic carbocycles. The normalized spacial score (nSPS) is 12.3. The first-order valence-electron chi connectivity index (χ1n) is 9.89. The van der Waals surface area contributed by atoms with Crippen LogP contribution in [0.15, 0.2) is 48.5 Å². The van der Waals surface area contributed by atoms with Gasteiger partial charge in [-0.25, -0.2) is 4.79 Å². The molecule has 0 saturated heterocycles. The molecule has 1 aliphatic rings. The Morgan fingerprint density at radius 3 is 2.41 bits per heavy atom. The SMILES string of the molecule is Cc1cc(C(=O)COC(=O)c2ccc([N+](=O)[O-])cc2)c(C)n1-c1ccc2c(c1)OCCO2. The van der Waals surface area contributed by atoms with Crippen molar-refractivity contribution >= 4 is 17.4 Å². The summed E-state index contributed by atoms with van der Waals surface area (Å²) in [5.74, 6) is 0.245. The van der Waals surface area contributed by atoms with Crippen LogP contribution in [0.3, 0.4) is 0 Å². The molecule has 0 atom stereocenters. The zero-order valence-corrected chi connectivity index (χ0v) is 17.5. The highest BCUT2D eigenvalue weighted by Gasteiger charge is 2.20. The number of hydrogen-bond donors (Lipinski definition) is 0. The van der Waals surface area contributed by atoms with E-state index in [1.807, 2.05) is 36.6 Å². The Labute approximate surface area is 183 Å². The number of esters is 1. The van der Waals surface area contributed by atoms with Gasteiger partial charge in [0.2, 0.25) is 5.78 Å². The number of carbonyl (C=O) groups excluding carboxylic acids is 2. The third kappa shape index (κ3) is 4.04. The molecule has 164 valence electrons. The Kier molecular flexibility index (Phi) is 5.63. The summed E-state index contributed by atoms with van der Waals surface area (Å²) in [6.45, 7) is 4.23. The van der Waals surface area contributed by atoms with E-state index in [2.05, 4.69) is 0 Å². The first kappa shape index (κ1) is 21.1. The number of aryl methyl sites for hydroxylation is 1. The van der Waals surface area contributed by atoms with Crippen LogP contribution >= 0.6 is 0 Å². The Morgan fingerprint density at radius 1 is 1.03 bits per heavy atom. The largest absolute Gasteiger partial charge is 0.486 e. The molecule has 3 aromatic rings. The fourth-order valence-corrected chi connectivity index (χ4v) is 3.62. The predicted octanol–water partition coefficient (Wildman–Crippen LogP) is 3.81. The Hall–Kier alpha value is -4.14. The number of nitrogens with zero attached hydrogens (tertiary/aromatic N) is 2. The van der Waals surface area contributed by atoms with Gasteiger partial charge in [-0.15, -0.1) is 0 Å². The van der Waals surface area contributed by atoms with Crippen molar-refractivity contribution in [3.8, 4) is 17.2 Å². The van der Waals surface area contributed by atoms with Crippen LogP contribution in [0.4, 0.5) is 5.69 Å². The Morgan fingerprint density at radius 2 is 1.72 bits per heavy atom. The molecule has 0 spiro atoms. The average molecular weight is 436 g/mol. The van der Waals surface area contributed by atoms with Crippen LogP contribution in [-0.2, 0) is 4.74 Å². The van der Waals surface area contributed by atoms with E-state index in [1.54, 1.807) is 6.07 Å². The molecule has 1 aromatic heterocycles. The van der Waals surface area contributed by atoms with Crippen molar-refractivity contribution in [2.24, 2.45) is 0 Å². The number of rotatable bonds is 6. The molecule has 1 aliphatic heterocycles. The highest BCUT2D eigenvalue weighted by atomic mass is 16.6. The highest BCUT2D eigenvalue weighted by Crippen LogP contribution is 2.33. The van der Waals surface area contributed by atoms with Crippen molar-refractivity contribution in [2.45, 2.75) is 13.8 Å². The van der Waals surface area contributed by atoms with Gasteiger partial charge in [0.1, 0.15) is 13.2 Å². The number of non-ortho nitro benzene ring substituents is 1. The number of nitro benzene ring substituents is 1. The van der Waals surface area contributed by atoms with Crippen LogP contribution in [-0.4, -0.2) is 41.1 Å². The summed E-state index contributed by atoms with van der Waals surface area (Å²) in [5.41, 5.74) is 2.80. The van der Waals surface area contributed by atoms with Crippen molar-refractivity contribution in [2.75, 3.05) is 19.8 Å². The van der Waals surface area contributed by atoms with Gasteiger partial charge in [-0.2, -0.15) is 0 Å². The van der Waals surface area contributed by atoms with Crippen molar-refractivity contribution in [1.29, 1.82) is 0 Å². The maximum absolute atomic E-state index is 12.7. The topological polar surface area (TPSA) is 110 Å². The second kappa shape index (κ2) is 8.54. The van der Waals surface area contributed by atoms with E-state index >= 15 is 0 Å². The molecule has 2 aromatic carbocycles. The number of ether oxygens (including phenoxy) is 3. The van der Waals surface area contributed by atoms with E-state index in [9.17, 15) is 19.7 Å². The number of aromatic nitrogens is 1. The van der Waals surface area contributed by atoms with Gasteiger partial charge in [0.25, 0.3) is 5.69 Å². The Bertz CT molecular complexity index is 1210. The van der Waals surface area contributed by atoms with Crippen LogP contribution in [0, 0.1) is 24.0 Å². The summed E-state index contributed by atoms with van der Waals surface area (Å²) in [4.78, 5) is 35.1. The average Bonchev–Trinajstić information content (AvgIpc) is 3.10. The maximum atomic E-state index is 12.7. The third-order valence-electron chi connectivity index (χ3n) is 5.16. The standard InChI is InChI=1S/C23H20N2O7/c1-14-11-19(15(2)24(14)18-7-8-21-22(12-18)31-10-9-30-21)20(26)13-32-23(27)16-3-5-17(6-4-16)25(28)29/h3-8,11-12H,9-10,13H2,1-2H3. The van der Waals surface area contributed by atoms with Crippen LogP contribution in [0.25, 0.3) is 5.69 Å². The van der Waals surface area contributed by atoms with E-state index in [-0.39, 0.29) is 17.0 Å². The summed E-state index contributed by atoms with van der Waals surface area (Å²) in [6.07, 6.45) is 0. The van der Waals surface area contributed by atoms with Crippen LogP contribution in [0.5, 0.6) is 11.5 Å². The van der Waals surface area contributed by atoms with Gasteiger partial charge >= 0.3 is 5.97 Å². The summed E-state index contributed by atoms with van der Waals surface area (Å²) < 4.78 is 18.2. The predicted molar refractivity (Wildman–Crippen MR) is 114 cm³/mol. The molecule has 0 radical (unpaired) electrons. The van der Waals surface area contributed by atoms with E-state index in [4.69, 9.17) is 14.2 Å². The number of nitro groups is 1. The molecule has 0 saturated carbocycles. The number of carbonyl (C=O) groups is 2. The molecule has 0 unspecified atom stereocenters. The summed E-state index contributed by atoms with van der Waals surface area (Å²) in [7, 11) is 0. The fraction of sp³-hybridized carbons (Fsp3) is 0.217. The molecule has 0 amide bonds. The molecule has 0 N–H and O–H groups in total. The molecular weight excluding hydrogens is 416 g/mol. The maximum Gasteiger partial charge on any atom is 0.338 e. The van der Waals surface area contributed by atoms with Crippen LogP contribution in [0.2, 0.25) is 0 Å². The van der Waals surface area contributed by atoms with Gasteiger partial charge in [-0.05, 0) is 44.2 Å². The lowest BCUT2D eigenvalue weighted by Crippen LogP contribution is -2.16. The molecule has 9 nitrogen and oxygen atoms in total. The number of fused-ring (bicyclic) bond motifs is 1. The number of Topliss-reactive ketones (excluding diaryl/α,β-unsaturated/α-hetero) is 1. The molecule has 9 heteroatoms. The van der Waals surface area contributed by atoms with E-state index in [1.165, 1.54) is 24.3 Å². The second-order valence-electron chi connectivity index (χ2n) is 7.25. The fourth-order valence-electron chi connectivity index (χ4n) is 3.62. The van der Waals surface area contributed by atoms with Gasteiger partial charge < -0.3 is 18.8 Å². The summed E-state index contributed by atoms with van der Waals surface area (Å²) in [6, 6.07) is 12.3. The van der Waals surface area contributed by atoms with Crippen LogP contribution < -0.4 is 9.47 Å². The van der Waals surface area contributed by atoms with Gasteiger partial charge in [0.05, 0.1) is 10.5 Å². The van der Waals surface area contributed by atoms with Crippen molar-refractivity contribution in [1.82, 2.24) is 4.57 Å². The zero-order chi connectivity index (χ0) is 22.8.